The van der Waals surface area contributed by atoms with Gasteiger partial charge in [-0.25, -0.2) is 9.78 Å². The second-order valence-corrected chi connectivity index (χ2v) is 6.33. The van der Waals surface area contributed by atoms with Gasteiger partial charge in [-0.2, -0.15) is 0 Å². The second kappa shape index (κ2) is 6.37. The summed E-state index contributed by atoms with van der Waals surface area (Å²) in [6.45, 7) is 6.31. The molecule has 106 valence electrons. The highest BCUT2D eigenvalue weighted by Gasteiger charge is 2.23. The van der Waals surface area contributed by atoms with Gasteiger partial charge >= 0.3 is 5.97 Å². The minimum atomic E-state index is -0.321. The lowest BCUT2D eigenvalue weighted by molar-refractivity contribution is 0.0519. The fourth-order valence-electron chi connectivity index (χ4n) is 2.62. The average Bonchev–Trinajstić information content (AvgIpc) is 2.99. The van der Waals surface area contributed by atoms with Crippen molar-refractivity contribution in [3.63, 3.8) is 0 Å². The minimum Gasteiger partial charge on any atom is -0.461 e. The molecule has 0 spiro atoms. The van der Waals surface area contributed by atoms with Crippen molar-refractivity contribution in [3.05, 3.63) is 10.6 Å². The first-order chi connectivity index (χ1) is 9.11. The van der Waals surface area contributed by atoms with Crippen LogP contribution in [-0.4, -0.2) is 23.6 Å². The highest BCUT2D eigenvalue weighted by atomic mass is 32.1. The van der Waals surface area contributed by atoms with Gasteiger partial charge in [-0.15, -0.1) is 11.3 Å². The van der Waals surface area contributed by atoms with E-state index in [9.17, 15) is 4.79 Å². The Balaban J connectivity index is 2.01. The second-order valence-electron chi connectivity index (χ2n) is 5.12. The van der Waals surface area contributed by atoms with Crippen molar-refractivity contribution in [3.8, 4) is 0 Å². The average molecular weight is 282 g/mol. The topological polar surface area (TPSA) is 51.2 Å². The Kier molecular flexibility index (Phi) is 4.80. The maximum absolute atomic E-state index is 11.7. The molecule has 1 fully saturated rings. The number of esters is 1. The van der Waals surface area contributed by atoms with Crippen LogP contribution in [0.1, 0.15) is 54.9 Å². The number of carbonyl (C=O) groups excluding carboxylic acids is 1. The van der Waals surface area contributed by atoms with Gasteiger partial charge in [-0.05, 0) is 39.5 Å². The van der Waals surface area contributed by atoms with Crippen LogP contribution in [0.25, 0.3) is 0 Å². The molecule has 1 aromatic rings. The van der Waals surface area contributed by atoms with E-state index in [2.05, 4.69) is 17.2 Å². The van der Waals surface area contributed by atoms with Crippen molar-refractivity contribution in [2.45, 2.75) is 52.5 Å². The van der Waals surface area contributed by atoms with E-state index >= 15 is 0 Å². The van der Waals surface area contributed by atoms with E-state index < -0.39 is 0 Å². The van der Waals surface area contributed by atoms with Crippen LogP contribution in [0.5, 0.6) is 0 Å². The molecule has 19 heavy (non-hydrogen) atoms. The van der Waals surface area contributed by atoms with E-state index in [4.69, 9.17) is 4.74 Å². The lowest BCUT2D eigenvalue weighted by Crippen LogP contribution is -2.23. The Hall–Kier alpha value is -1.10. The molecule has 1 saturated carbocycles. The summed E-state index contributed by atoms with van der Waals surface area (Å²) in [5.41, 5.74) is 0.452. The number of thiazole rings is 1. The number of aromatic nitrogens is 1. The van der Waals surface area contributed by atoms with Gasteiger partial charge < -0.3 is 10.1 Å². The monoisotopic (exact) mass is 282 g/mol. The molecule has 0 saturated heterocycles. The number of carbonyl (C=O) groups is 1. The number of nitrogens with one attached hydrogen (secondary N) is 1. The van der Waals surface area contributed by atoms with Crippen LogP contribution in [0, 0.1) is 12.8 Å². The fourth-order valence-corrected chi connectivity index (χ4v) is 3.51. The zero-order valence-electron chi connectivity index (χ0n) is 11.9. The van der Waals surface area contributed by atoms with Crippen molar-refractivity contribution in [2.24, 2.45) is 5.92 Å². The van der Waals surface area contributed by atoms with Crippen molar-refractivity contribution in [2.75, 3.05) is 11.9 Å². The number of nitrogens with zero attached hydrogens (tertiary/aromatic N) is 1. The van der Waals surface area contributed by atoms with E-state index in [0.717, 1.165) is 15.9 Å². The molecule has 0 aliphatic heterocycles. The maximum Gasteiger partial charge on any atom is 0.358 e. The molecule has 1 unspecified atom stereocenters. The predicted octanol–water partition coefficient (Wildman–Crippen LogP) is 3.62. The fraction of sp³-hybridized carbons (Fsp3) is 0.714. The van der Waals surface area contributed by atoms with Crippen LogP contribution >= 0.6 is 11.3 Å². The summed E-state index contributed by atoms with van der Waals surface area (Å²) in [7, 11) is 0. The summed E-state index contributed by atoms with van der Waals surface area (Å²) < 4.78 is 5.00. The third-order valence-corrected chi connectivity index (χ3v) is 4.63. The van der Waals surface area contributed by atoms with Crippen LogP contribution in [0.3, 0.4) is 0 Å². The normalized spacial score (nSPS) is 17.4. The van der Waals surface area contributed by atoms with Crippen LogP contribution in [0.2, 0.25) is 0 Å². The molecule has 0 radical (unpaired) electrons. The number of ether oxygens (including phenoxy) is 1. The van der Waals surface area contributed by atoms with Crippen molar-refractivity contribution >= 4 is 22.4 Å². The smallest absolute Gasteiger partial charge is 0.358 e. The third kappa shape index (κ3) is 3.47. The molecule has 0 bridgehead atoms. The summed E-state index contributed by atoms with van der Waals surface area (Å²) in [6, 6.07) is 0.420. The minimum absolute atomic E-state index is 0.321. The molecule has 1 aromatic heterocycles. The quantitative estimate of drug-likeness (QED) is 0.838. The number of anilines is 1. The third-order valence-electron chi connectivity index (χ3n) is 3.72. The maximum atomic E-state index is 11.7. The molecule has 1 atom stereocenters. The Labute approximate surface area is 118 Å². The van der Waals surface area contributed by atoms with E-state index in [1.165, 1.54) is 37.0 Å². The van der Waals surface area contributed by atoms with Gasteiger partial charge in [0.15, 0.2) is 10.8 Å². The lowest BCUT2D eigenvalue weighted by atomic mass is 10.0. The zero-order chi connectivity index (χ0) is 13.8. The van der Waals surface area contributed by atoms with Crippen molar-refractivity contribution in [1.82, 2.24) is 4.98 Å². The number of aryl methyl sites for hydroxylation is 1. The predicted molar refractivity (Wildman–Crippen MR) is 77.9 cm³/mol. The SMILES string of the molecule is CCOC(=O)c1nc(NC(C)C2CCCC2)sc1C. The molecule has 0 aromatic carbocycles. The van der Waals surface area contributed by atoms with Gasteiger partial charge in [0.25, 0.3) is 0 Å². The molecule has 1 aliphatic rings. The standard InChI is InChI=1S/C14H22N2O2S/c1-4-18-13(17)12-10(3)19-14(16-12)15-9(2)11-7-5-6-8-11/h9,11H,4-8H2,1-3H3,(H,15,16). The Morgan fingerprint density at radius 1 is 1.53 bits per heavy atom. The van der Waals surface area contributed by atoms with Crippen molar-refractivity contribution < 1.29 is 9.53 Å². The number of rotatable bonds is 5. The molecular formula is C14H22N2O2S. The molecule has 5 heteroatoms. The molecule has 1 N–H and O–H groups in total. The summed E-state index contributed by atoms with van der Waals surface area (Å²) in [5.74, 6) is 0.410. The Bertz CT molecular complexity index is 439. The highest BCUT2D eigenvalue weighted by Crippen LogP contribution is 2.31. The Morgan fingerprint density at radius 2 is 2.21 bits per heavy atom. The molecular weight excluding hydrogens is 260 g/mol. The summed E-state index contributed by atoms with van der Waals surface area (Å²) in [5, 5.41) is 4.27. The Morgan fingerprint density at radius 3 is 2.84 bits per heavy atom. The summed E-state index contributed by atoms with van der Waals surface area (Å²) >= 11 is 1.53. The van der Waals surface area contributed by atoms with Gasteiger partial charge in [0.05, 0.1) is 6.61 Å². The highest BCUT2D eigenvalue weighted by molar-refractivity contribution is 7.15. The molecule has 4 nitrogen and oxygen atoms in total. The van der Waals surface area contributed by atoms with Crippen LogP contribution in [0.15, 0.2) is 0 Å². The number of hydrogen-bond donors (Lipinski definition) is 1. The van der Waals surface area contributed by atoms with Gasteiger partial charge in [-0.3, -0.25) is 0 Å². The van der Waals surface area contributed by atoms with E-state index in [1.807, 2.05) is 6.92 Å². The van der Waals surface area contributed by atoms with Crippen LogP contribution in [-0.2, 0) is 4.74 Å². The van der Waals surface area contributed by atoms with Gasteiger partial charge in [0, 0.05) is 10.9 Å². The van der Waals surface area contributed by atoms with E-state index in [-0.39, 0.29) is 5.97 Å². The zero-order valence-corrected chi connectivity index (χ0v) is 12.7. The van der Waals surface area contributed by atoms with E-state index in [0.29, 0.717) is 18.3 Å². The van der Waals surface area contributed by atoms with Gasteiger partial charge in [-0.1, -0.05) is 12.8 Å². The first-order valence-corrected chi connectivity index (χ1v) is 7.84. The molecule has 0 amide bonds. The molecule has 2 rings (SSSR count). The lowest BCUT2D eigenvalue weighted by Gasteiger charge is -2.19. The van der Waals surface area contributed by atoms with Gasteiger partial charge in [0.2, 0.25) is 0 Å². The summed E-state index contributed by atoms with van der Waals surface area (Å²) in [4.78, 5) is 17.0. The molecule has 1 heterocycles. The largest absolute Gasteiger partial charge is 0.461 e. The first kappa shape index (κ1) is 14.3. The van der Waals surface area contributed by atoms with Gasteiger partial charge in [0.1, 0.15) is 0 Å². The van der Waals surface area contributed by atoms with Crippen LogP contribution in [0.4, 0.5) is 5.13 Å². The summed E-state index contributed by atoms with van der Waals surface area (Å²) in [6.07, 6.45) is 5.26. The number of hydrogen-bond acceptors (Lipinski definition) is 5. The van der Waals surface area contributed by atoms with Crippen LogP contribution < -0.4 is 5.32 Å². The van der Waals surface area contributed by atoms with E-state index in [1.54, 1.807) is 6.92 Å². The van der Waals surface area contributed by atoms with Crippen molar-refractivity contribution in [1.29, 1.82) is 0 Å². The molecule has 1 aliphatic carbocycles. The first-order valence-electron chi connectivity index (χ1n) is 7.03.